The van der Waals surface area contributed by atoms with Crippen LogP contribution in [0.2, 0.25) is 0 Å². The van der Waals surface area contributed by atoms with Crippen molar-refractivity contribution < 1.29 is 22.8 Å². The van der Waals surface area contributed by atoms with Gasteiger partial charge in [-0.1, -0.05) is 18.2 Å². The average molecular weight is 463 g/mol. The molecule has 0 saturated carbocycles. The van der Waals surface area contributed by atoms with E-state index in [4.69, 9.17) is 0 Å². The largest absolute Gasteiger partial charge is 0.416 e. The summed E-state index contributed by atoms with van der Waals surface area (Å²) in [5, 5.41) is 5.62. The molecule has 0 spiro atoms. The van der Waals surface area contributed by atoms with Gasteiger partial charge in [0.2, 0.25) is 5.91 Å². The highest BCUT2D eigenvalue weighted by Crippen LogP contribution is 2.31. The number of rotatable bonds is 8. The summed E-state index contributed by atoms with van der Waals surface area (Å²) in [5.74, 6) is -0.246. The third kappa shape index (κ3) is 7.49. The molecule has 0 atom stereocenters. The van der Waals surface area contributed by atoms with E-state index < -0.39 is 11.7 Å². The predicted molar refractivity (Wildman–Crippen MR) is 121 cm³/mol. The first-order valence-corrected chi connectivity index (χ1v) is 11.0. The van der Waals surface area contributed by atoms with Crippen molar-refractivity contribution in [3.05, 3.63) is 65.2 Å². The second-order valence-corrected chi connectivity index (χ2v) is 8.09. The Hall–Kier alpha value is -3.07. The van der Waals surface area contributed by atoms with Gasteiger partial charge in [-0.25, -0.2) is 0 Å². The molecule has 178 valence electrons. The third-order valence-corrected chi connectivity index (χ3v) is 5.61. The molecule has 2 N–H and O–H groups in total. The van der Waals surface area contributed by atoms with Crippen LogP contribution in [0.1, 0.15) is 34.8 Å². The van der Waals surface area contributed by atoms with Gasteiger partial charge in [0.15, 0.2) is 0 Å². The zero-order chi connectivity index (χ0) is 23.8. The number of halogens is 3. The number of hydrogen-bond donors (Lipinski definition) is 2. The fourth-order valence-electron chi connectivity index (χ4n) is 3.72. The van der Waals surface area contributed by atoms with Gasteiger partial charge in [0.1, 0.15) is 0 Å². The summed E-state index contributed by atoms with van der Waals surface area (Å²) in [5.41, 5.74) is 1.46. The first-order valence-electron chi connectivity index (χ1n) is 11.0. The maximum atomic E-state index is 12.9. The molecule has 0 radical (unpaired) electrons. The molecule has 2 amide bonds. The van der Waals surface area contributed by atoms with Gasteiger partial charge >= 0.3 is 6.18 Å². The Morgan fingerprint density at radius 1 is 0.970 bits per heavy atom. The molecular formula is C24H29F3N4O2. The second kappa shape index (κ2) is 11.2. The Morgan fingerprint density at radius 2 is 1.67 bits per heavy atom. The number of benzene rings is 2. The number of hydrogen-bond acceptors (Lipinski definition) is 4. The van der Waals surface area contributed by atoms with Gasteiger partial charge in [-0.15, -0.1) is 0 Å². The molecule has 1 saturated heterocycles. The van der Waals surface area contributed by atoms with E-state index >= 15 is 0 Å². The quantitative estimate of drug-likeness (QED) is 0.591. The molecule has 0 aliphatic carbocycles. The van der Waals surface area contributed by atoms with Crippen LogP contribution < -0.4 is 15.5 Å². The third-order valence-electron chi connectivity index (χ3n) is 5.61. The fourth-order valence-corrected chi connectivity index (χ4v) is 3.72. The minimum Gasteiger partial charge on any atom is -0.369 e. The number of amides is 2. The molecule has 1 heterocycles. The Bertz CT molecular complexity index is 939. The SMILES string of the molecule is CC(=O)NCc1ccc(C(=O)NCCCN2CCN(c3cccc(C(F)(F)F)c3)CC2)cc1. The zero-order valence-corrected chi connectivity index (χ0v) is 18.6. The molecule has 33 heavy (non-hydrogen) atoms. The van der Waals surface area contributed by atoms with E-state index in [0.717, 1.165) is 37.7 Å². The topological polar surface area (TPSA) is 64.7 Å². The van der Waals surface area contributed by atoms with E-state index in [1.54, 1.807) is 18.2 Å². The first-order chi connectivity index (χ1) is 15.7. The monoisotopic (exact) mass is 462 g/mol. The van der Waals surface area contributed by atoms with Gasteiger partial charge in [0.25, 0.3) is 5.91 Å². The highest BCUT2D eigenvalue weighted by Gasteiger charge is 2.31. The summed E-state index contributed by atoms with van der Waals surface area (Å²) in [6, 6.07) is 12.6. The van der Waals surface area contributed by atoms with Gasteiger partial charge in [-0.3, -0.25) is 14.5 Å². The number of alkyl halides is 3. The highest BCUT2D eigenvalue weighted by atomic mass is 19.4. The second-order valence-electron chi connectivity index (χ2n) is 8.09. The summed E-state index contributed by atoms with van der Waals surface area (Å²) in [4.78, 5) is 27.5. The number of nitrogens with one attached hydrogen (secondary N) is 2. The maximum absolute atomic E-state index is 12.9. The van der Waals surface area contributed by atoms with Crippen molar-refractivity contribution in [2.24, 2.45) is 0 Å². The Kier molecular flexibility index (Phi) is 8.32. The van der Waals surface area contributed by atoms with Crippen LogP contribution in [0.4, 0.5) is 18.9 Å². The minimum absolute atomic E-state index is 0.103. The van der Waals surface area contributed by atoms with Crippen molar-refractivity contribution in [3.63, 3.8) is 0 Å². The summed E-state index contributed by atoms with van der Waals surface area (Å²) >= 11 is 0. The van der Waals surface area contributed by atoms with Gasteiger partial charge in [0.05, 0.1) is 5.56 Å². The Labute approximate surface area is 191 Å². The molecule has 3 rings (SSSR count). The average Bonchev–Trinajstić information content (AvgIpc) is 2.80. The lowest BCUT2D eigenvalue weighted by molar-refractivity contribution is -0.137. The first kappa shape index (κ1) is 24.6. The number of carbonyl (C=O) groups excluding carboxylic acids is 2. The summed E-state index contributed by atoms with van der Waals surface area (Å²) < 4.78 is 38.8. The van der Waals surface area contributed by atoms with Crippen LogP contribution in [0, 0.1) is 0 Å². The molecule has 9 heteroatoms. The number of nitrogens with zero attached hydrogens (tertiary/aromatic N) is 2. The highest BCUT2D eigenvalue weighted by molar-refractivity contribution is 5.94. The molecule has 6 nitrogen and oxygen atoms in total. The number of anilines is 1. The summed E-state index contributed by atoms with van der Waals surface area (Å²) in [6.45, 7) is 6.10. The van der Waals surface area contributed by atoms with Gasteiger partial charge < -0.3 is 15.5 Å². The van der Waals surface area contributed by atoms with Crippen LogP contribution in [0.3, 0.4) is 0 Å². The molecule has 1 fully saturated rings. The van der Waals surface area contributed by atoms with Crippen LogP contribution in [0.15, 0.2) is 48.5 Å². The molecule has 0 bridgehead atoms. The fraction of sp³-hybridized carbons (Fsp3) is 0.417. The Morgan fingerprint density at radius 3 is 2.30 bits per heavy atom. The maximum Gasteiger partial charge on any atom is 0.416 e. The van der Waals surface area contributed by atoms with Crippen molar-refractivity contribution in [1.82, 2.24) is 15.5 Å². The van der Waals surface area contributed by atoms with E-state index in [1.807, 2.05) is 17.0 Å². The van der Waals surface area contributed by atoms with Crippen LogP contribution in [0.25, 0.3) is 0 Å². The van der Waals surface area contributed by atoms with Crippen LogP contribution in [-0.2, 0) is 17.5 Å². The molecule has 0 aromatic heterocycles. The van der Waals surface area contributed by atoms with Crippen molar-refractivity contribution in [2.45, 2.75) is 26.1 Å². The number of carbonyl (C=O) groups is 2. The van der Waals surface area contributed by atoms with Crippen molar-refractivity contribution in [2.75, 3.05) is 44.2 Å². The van der Waals surface area contributed by atoms with E-state index in [9.17, 15) is 22.8 Å². The lowest BCUT2D eigenvalue weighted by atomic mass is 10.1. The van der Waals surface area contributed by atoms with E-state index in [-0.39, 0.29) is 11.8 Å². The molecule has 2 aromatic carbocycles. The van der Waals surface area contributed by atoms with Crippen molar-refractivity contribution >= 4 is 17.5 Å². The molecule has 1 aliphatic heterocycles. The smallest absolute Gasteiger partial charge is 0.369 e. The van der Waals surface area contributed by atoms with Crippen molar-refractivity contribution in [1.29, 1.82) is 0 Å². The zero-order valence-electron chi connectivity index (χ0n) is 18.6. The van der Waals surface area contributed by atoms with Crippen LogP contribution in [-0.4, -0.2) is 56.0 Å². The molecule has 2 aromatic rings. The van der Waals surface area contributed by atoms with Gasteiger partial charge in [0, 0.05) is 57.4 Å². The van der Waals surface area contributed by atoms with E-state index in [0.29, 0.717) is 37.4 Å². The van der Waals surface area contributed by atoms with E-state index in [2.05, 4.69) is 15.5 Å². The Balaban J connectivity index is 1.36. The molecular weight excluding hydrogens is 433 g/mol. The van der Waals surface area contributed by atoms with Crippen molar-refractivity contribution in [3.8, 4) is 0 Å². The summed E-state index contributed by atoms with van der Waals surface area (Å²) in [7, 11) is 0. The van der Waals surface area contributed by atoms with Gasteiger partial charge in [-0.2, -0.15) is 13.2 Å². The van der Waals surface area contributed by atoms with E-state index in [1.165, 1.54) is 19.1 Å². The van der Waals surface area contributed by atoms with Crippen LogP contribution >= 0.6 is 0 Å². The minimum atomic E-state index is -4.34. The lowest BCUT2D eigenvalue weighted by Gasteiger charge is -2.36. The standard InChI is InChI=1S/C24H29F3N4O2/c1-18(32)29-17-19-6-8-20(9-7-19)23(33)28-10-3-11-30-12-14-31(15-13-30)22-5-2-4-21(16-22)24(25,26)27/h2,4-9,16H,3,10-15,17H2,1H3,(H,28,33)(H,29,32). The molecule has 0 unspecified atom stereocenters. The summed E-state index contributed by atoms with van der Waals surface area (Å²) in [6.07, 6.45) is -3.55. The predicted octanol–water partition coefficient (Wildman–Crippen LogP) is 3.28. The van der Waals surface area contributed by atoms with Gasteiger partial charge in [-0.05, 0) is 48.9 Å². The molecule has 1 aliphatic rings. The van der Waals surface area contributed by atoms with Crippen LogP contribution in [0.5, 0.6) is 0 Å². The number of piperazine rings is 1. The normalized spacial score (nSPS) is 14.7. The lowest BCUT2D eigenvalue weighted by Crippen LogP contribution is -2.47.